The molecule has 1 nitrogen and oxygen atoms in total. The van der Waals surface area contributed by atoms with Gasteiger partial charge in [0.1, 0.15) is 0 Å². The third kappa shape index (κ3) is 3.47. The van der Waals surface area contributed by atoms with E-state index in [-0.39, 0.29) is 0 Å². The molecule has 1 fully saturated rings. The molecule has 84 valence electrons. The van der Waals surface area contributed by atoms with Crippen molar-refractivity contribution in [2.75, 3.05) is 12.0 Å². The highest BCUT2D eigenvalue weighted by Crippen LogP contribution is 2.35. The minimum Gasteiger partial charge on any atom is -0.327 e. The summed E-state index contributed by atoms with van der Waals surface area (Å²) in [5.74, 6) is 3.85. The van der Waals surface area contributed by atoms with Gasteiger partial charge in [-0.05, 0) is 55.4 Å². The summed E-state index contributed by atoms with van der Waals surface area (Å²) in [6.07, 6.45) is 7.50. The summed E-state index contributed by atoms with van der Waals surface area (Å²) in [5.41, 5.74) is 6.17. The van der Waals surface area contributed by atoms with Crippen molar-refractivity contribution < 1.29 is 0 Å². The van der Waals surface area contributed by atoms with Crippen LogP contribution in [0.4, 0.5) is 0 Å². The molecule has 0 aromatic rings. The van der Waals surface area contributed by atoms with Gasteiger partial charge in [-0.1, -0.05) is 13.8 Å². The molecule has 0 heterocycles. The Kier molecular flexibility index (Phi) is 5.32. The quantitative estimate of drug-likeness (QED) is 0.779. The molecule has 0 saturated heterocycles. The molecule has 1 aliphatic rings. The van der Waals surface area contributed by atoms with Crippen LogP contribution in [0.1, 0.15) is 39.5 Å². The first-order chi connectivity index (χ1) is 6.65. The van der Waals surface area contributed by atoms with Gasteiger partial charge in [0.05, 0.1) is 0 Å². The Balaban J connectivity index is 2.38. The van der Waals surface area contributed by atoms with Gasteiger partial charge in [-0.3, -0.25) is 0 Å². The SMILES string of the molecule is CSCCC1CC(C(C)C)CCC1N. The highest BCUT2D eigenvalue weighted by Gasteiger charge is 2.28. The molecular formula is C12H25NS. The molecule has 0 aliphatic heterocycles. The van der Waals surface area contributed by atoms with Crippen LogP contribution in [0.25, 0.3) is 0 Å². The second-order valence-electron chi connectivity index (χ2n) is 5.02. The number of hydrogen-bond donors (Lipinski definition) is 1. The normalized spacial score (nSPS) is 33.6. The maximum absolute atomic E-state index is 6.17. The first-order valence-corrected chi connectivity index (χ1v) is 7.29. The Morgan fingerprint density at radius 2 is 2.07 bits per heavy atom. The van der Waals surface area contributed by atoms with Crippen molar-refractivity contribution in [2.45, 2.75) is 45.6 Å². The summed E-state index contributed by atoms with van der Waals surface area (Å²) in [7, 11) is 0. The number of nitrogens with two attached hydrogens (primary N) is 1. The van der Waals surface area contributed by atoms with E-state index in [4.69, 9.17) is 5.73 Å². The van der Waals surface area contributed by atoms with E-state index in [2.05, 4.69) is 20.1 Å². The lowest BCUT2D eigenvalue weighted by atomic mass is 9.73. The minimum absolute atomic E-state index is 0.483. The van der Waals surface area contributed by atoms with Crippen LogP contribution in [0.3, 0.4) is 0 Å². The fourth-order valence-electron chi connectivity index (χ4n) is 2.53. The average molecular weight is 215 g/mol. The van der Waals surface area contributed by atoms with Gasteiger partial charge in [0.2, 0.25) is 0 Å². The summed E-state index contributed by atoms with van der Waals surface area (Å²) < 4.78 is 0. The van der Waals surface area contributed by atoms with Crippen molar-refractivity contribution in [3.63, 3.8) is 0 Å². The first-order valence-electron chi connectivity index (χ1n) is 5.89. The molecule has 1 saturated carbocycles. The van der Waals surface area contributed by atoms with E-state index >= 15 is 0 Å². The van der Waals surface area contributed by atoms with Crippen molar-refractivity contribution in [2.24, 2.45) is 23.5 Å². The summed E-state index contributed by atoms with van der Waals surface area (Å²) >= 11 is 1.95. The molecule has 0 amide bonds. The molecule has 1 aliphatic carbocycles. The van der Waals surface area contributed by atoms with Gasteiger partial charge >= 0.3 is 0 Å². The van der Waals surface area contributed by atoms with Gasteiger partial charge in [0.25, 0.3) is 0 Å². The minimum atomic E-state index is 0.483. The maximum atomic E-state index is 6.17. The number of rotatable bonds is 4. The van der Waals surface area contributed by atoms with E-state index in [9.17, 15) is 0 Å². The largest absolute Gasteiger partial charge is 0.327 e. The molecule has 3 unspecified atom stereocenters. The molecular weight excluding hydrogens is 190 g/mol. The number of hydrogen-bond acceptors (Lipinski definition) is 2. The molecule has 3 atom stereocenters. The molecule has 0 aromatic heterocycles. The molecule has 2 heteroatoms. The van der Waals surface area contributed by atoms with Gasteiger partial charge < -0.3 is 5.73 Å². The van der Waals surface area contributed by atoms with E-state index in [1.54, 1.807) is 0 Å². The molecule has 0 bridgehead atoms. The molecule has 0 aromatic carbocycles. The van der Waals surface area contributed by atoms with Crippen molar-refractivity contribution in [3.05, 3.63) is 0 Å². The molecule has 0 spiro atoms. The summed E-state index contributed by atoms with van der Waals surface area (Å²) in [6, 6.07) is 0.483. The smallest absolute Gasteiger partial charge is 0.00676 e. The van der Waals surface area contributed by atoms with Crippen LogP contribution in [0.5, 0.6) is 0 Å². The van der Waals surface area contributed by atoms with E-state index in [1.165, 1.54) is 31.4 Å². The average Bonchev–Trinajstić information content (AvgIpc) is 2.16. The predicted molar refractivity (Wildman–Crippen MR) is 66.6 cm³/mol. The van der Waals surface area contributed by atoms with Gasteiger partial charge in [0.15, 0.2) is 0 Å². The zero-order valence-corrected chi connectivity index (χ0v) is 10.6. The number of thioether (sulfide) groups is 1. The highest BCUT2D eigenvalue weighted by atomic mass is 32.2. The maximum Gasteiger partial charge on any atom is 0.00676 e. The van der Waals surface area contributed by atoms with Crippen LogP contribution in [0.15, 0.2) is 0 Å². The Bertz CT molecular complexity index is 158. The predicted octanol–water partition coefficient (Wildman–Crippen LogP) is 3.14. The van der Waals surface area contributed by atoms with Crippen molar-refractivity contribution in [1.82, 2.24) is 0 Å². The van der Waals surface area contributed by atoms with Crippen LogP contribution in [-0.4, -0.2) is 18.1 Å². The topological polar surface area (TPSA) is 26.0 Å². The lowest BCUT2D eigenvalue weighted by molar-refractivity contribution is 0.187. The standard InChI is InChI=1S/C12H25NS/c1-9(2)10-4-5-12(13)11(8-10)6-7-14-3/h9-12H,4-8,13H2,1-3H3. The van der Waals surface area contributed by atoms with Gasteiger partial charge in [-0.15, -0.1) is 0 Å². The van der Waals surface area contributed by atoms with Crippen LogP contribution in [0.2, 0.25) is 0 Å². The third-order valence-corrected chi connectivity index (χ3v) is 4.36. The van der Waals surface area contributed by atoms with Crippen molar-refractivity contribution >= 4 is 11.8 Å². The Hall–Kier alpha value is 0.310. The lowest BCUT2D eigenvalue weighted by Gasteiger charge is -2.36. The third-order valence-electron chi connectivity index (χ3n) is 3.72. The monoisotopic (exact) mass is 215 g/mol. The van der Waals surface area contributed by atoms with Crippen LogP contribution in [0, 0.1) is 17.8 Å². The Morgan fingerprint density at radius 3 is 2.64 bits per heavy atom. The van der Waals surface area contributed by atoms with Crippen LogP contribution < -0.4 is 5.73 Å². The van der Waals surface area contributed by atoms with Gasteiger partial charge in [0, 0.05) is 6.04 Å². The van der Waals surface area contributed by atoms with E-state index < -0.39 is 0 Å². The zero-order valence-electron chi connectivity index (χ0n) is 9.83. The van der Waals surface area contributed by atoms with Crippen LogP contribution in [-0.2, 0) is 0 Å². The molecule has 2 N–H and O–H groups in total. The van der Waals surface area contributed by atoms with Gasteiger partial charge in [-0.25, -0.2) is 0 Å². The summed E-state index contributed by atoms with van der Waals surface area (Å²) in [5, 5.41) is 0. The van der Waals surface area contributed by atoms with E-state index in [0.717, 1.165) is 17.8 Å². The van der Waals surface area contributed by atoms with Gasteiger partial charge in [-0.2, -0.15) is 11.8 Å². The second kappa shape index (κ2) is 6.02. The lowest BCUT2D eigenvalue weighted by Crippen LogP contribution is -2.37. The van der Waals surface area contributed by atoms with E-state index in [1.807, 2.05) is 11.8 Å². The van der Waals surface area contributed by atoms with Crippen molar-refractivity contribution in [1.29, 1.82) is 0 Å². The molecule has 1 rings (SSSR count). The second-order valence-corrected chi connectivity index (χ2v) is 6.01. The van der Waals surface area contributed by atoms with Crippen LogP contribution >= 0.6 is 11.8 Å². The molecule has 0 radical (unpaired) electrons. The van der Waals surface area contributed by atoms with E-state index in [0.29, 0.717) is 6.04 Å². The summed E-state index contributed by atoms with van der Waals surface area (Å²) in [6.45, 7) is 4.71. The van der Waals surface area contributed by atoms with Crippen molar-refractivity contribution in [3.8, 4) is 0 Å². The zero-order chi connectivity index (χ0) is 10.6. The fourth-order valence-corrected chi connectivity index (χ4v) is 3.07. The summed E-state index contributed by atoms with van der Waals surface area (Å²) in [4.78, 5) is 0. The highest BCUT2D eigenvalue weighted by molar-refractivity contribution is 7.98. The fraction of sp³-hybridized carbons (Fsp3) is 1.00. The first kappa shape index (κ1) is 12.4. The molecule has 14 heavy (non-hydrogen) atoms. The Labute approximate surface area is 93.2 Å². The Morgan fingerprint density at radius 1 is 1.36 bits per heavy atom.